The van der Waals surface area contributed by atoms with Gasteiger partial charge in [0.05, 0.1) is 0 Å². The first-order chi connectivity index (χ1) is 11.2. The lowest BCUT2D eigenvalue weighted by molar-refractivity contribution is -0.132. The first kappa shape index (κ1) is 14.9. The fourth-order valence-electron chi connectivity index (χ4n) is 4.86. The Bertz CT molecular complexity index is 563. The van der Waals surface area contributed by atoms with Crippen LogP contribution in [0.1, 0.15) is 32.1 Å². The maximum absolute atomic E-state index is 12.6. The van der Waals surface area contributed by atoms with Gasteiger partial charge >= 0.3 is 0 Å². The number of nitrogens with zero attached hydrogens (tertiary/aromatic N) is 2. The maximum Gasteiger partial charge on any atom is 0.222 e. The van der Waals surface area contributed by atoms with Crippen molar-refractivity contribution in [3.05, 3.63) is 24.3 Å². The van der Waals surface area contributed by atoms with E-state index in [-0.39, 0.29) is 0 Å². The third-order valence-electron chi connectivity index (χ3n) is 6.17. The Labute approximate surface area is 138 Å². The Morgan fingerprint density at radius 2 is 1.78 bits per heavy atom. The highest BCUT2D eigenvalue weighted by Crippen LogP contribution is 2.49. The first-order valence-corrected chi connectivity index (χ1v) is 9.01. The Morgan fingerprint density at radius 1 is 1.04 bits per heavy atom. The molecule has 1 aromatic rings. The molecule has 3 fully saturated rings. The van der Waals surface area contributed by atoms with Crippen molar-refractivity contribution in [3.8, 4) is 5.75 Å². The van der Waals surface area contributed by atoms with Gasteiger partial charge in [0, 0.05) is 38.3 Å². The average molecular weight is 314 g/mol. The lowest BCUT2D eigenvalue weighted by Gasteiger charge is -2.37. The van der Waals surface area contributed by atoms with Crippen LogP contribution in [0.15, 0.2) is 24.3 Å². The van der Waals surface area contributed by atoms with Crippen LogP contribution in [0.5, 0.6) is 5.75 Å². The third-order valence-corrected chi connectivity index (χ3v) is 6.17. The molecule has 3 aliphatic rings. The number of amides is 1. The minimum absolute atomic E-state index is 0.299. The van der Waals surface area contributed by atoms with Crippen LogP contribution in [-0.2, 0) is 4.79 Å². The van der Waals surface area contributed by atoms with E-state index in [9.17, 15) is 9.90 Å². The predicted octanol–water partition coefficient (Wildman–Crippen LogP) is 2.87. The normalized spacial score (nSPS) is 30.0. The molecule has 1 heterocycles. The van der Waals surface area contributed by atoms with E-state index in [2.05, 4.69) is 9.80 Å². The molecule has 4 nitrogen and oxygen atoms in total. The minimum Gasteiger partial charge on any atom is -0.508 e. The molecule has 4 heteroatoms. The summed E-state index contributed by atoms with van der Waals surface area (Å²) in [6.07, 6.45) is 6.22. The molecular formula is C19H26N2O2. The number of hydrogen-bond acceptors (Lipinski definition) is 3. The van der Waals surface area contributed by atoms with Crippen molar-refractivity contribution < 1.29 is 9.90 Å². The van der Waals surface area contributed by atoms with Crippen molar-refractivity contribution >= 4 is 11.6 Å². The van der Waals surface area contributed by atoms with E-state index in [1.807, 2.05) is 12.1 Å². The van der Waals surface area contributed by atoms with E-state index in [0.29, 0.717) is 17.6 Å². The van der Waals surface area contributed by atoms with E-state index in [0.717, 1.165) is 50.1 Å². The first-order valence-electron chi connectivity index (χ1n) is 9.01. The van der Waals surface area contributed by atoms with Crippen LogP contribution in [0.4, 0.5) is 5.69 Å². The van der Waals surface area contributed by atoms with Crippen molar-refractivity contribution in [1.82, 2.24) is 4.90 Å². The second-order valence-electron chi connectivity index (χ2n) is 7.52. The molecule has 1 saturated heterocycles. The third kappa shape index (κ3) is 3.04. The molecule has 23 heavy (non-hydrogen) atoms. The number of phenols is 1. The van der Waals surface area contributed by atoms with Gasteiger partial charge in [-0.3, -0.25) is 4.79 Å². The molecule has 0 aromatic heterocycles. The van der Waals surface area contributed by atoms with Crippen LogP contribution in [0.25, 0.3) is 0 Å². The number of anilines is 1. The Kier molecular flexibility index (Phi) is 3.92. The molecule has 1 N–H and O–H groups in total. The molecule has 3 unspecified atom stereocenters. The fraction of sp³-hybridized carbons (Fsp3) is 0.632. The van der Waals surface area contributed by atoms with Crippen LogP contribution in [0.3, 0.4) is 0 Å². The van der Waals surface area contributed by atoms with Gasteiger partial charge in [-0.15, -0.1) is 0 Å². The maximum atomic E-state index is 12.6. The van der Waals surface area contributed by atoms with Crippen molar-refractivity contribution in [2.24, 2.45) is 17.8 Å². The SMILES string of the molecule is O=C(CC1CC2CCC1C2)N1CCN(c2ccc(O)cc2)CC1. The Balaban J connectivity index is 1.29. The van der Waals surface area contributed by atoms with Crippen molar-refractivity contribution in [2.75, 3.05) is 31.1 Å². The van der Waals surface area contributed by atoms with Gasteiger partial charge in [0.25, 0.3) is 0 Å². The summed E-state index contributed by atoms with van der Waals surface area (Å²) in [5, 5.41) is 9.38. The summed E-state index contributed by atoms with van der Waals surface area (Å²) in [7, 11) is 0. The lowest BCUT2D eigenvalue weighted by Crippen LogP contribution is -2.49. The molecule has 3 atom stereocenters. The van der Waals surface area contributed by atoms with Crippen molar-refractivity contribution in [1.29, 1.82) is 0 Å². The van der Waals surface area contributed by atoms with Gasteiger partial charge in [0.1, 0.15) is 5.75 Å². The quantitative estimate of drug-likeness (QED) is 0.933. The molecule has 0 spiro atoms. The molecule has 0 radical (unpaired) electrons. The summed E-state index contributed by atoms with van der Waals surface area (Å²) in [5.74, 6) is 3.09. The van der Waals surface area contributed by atoms with Crippen molar-refractivity contribution in [2.45, 2.75) is 32.1 Å². The number of carbonyl (C=O) groups excluding carboxylic acids is 1. The fourth-order valence-corrected chi connectivity index (χ4v) is 4.86. The van der Waals surface area contributed by atoms with Crippen molar-refractivity contribution in [3.63, 3.8) is 0 Å². The van der Waals surface area contributed by atoms with Crippen LogP contribution >= 0.6 is 0 Å². The number of hydrogen-bond donors (Lipinski definition) is 1. The van der Waals surface area contributed by atoms with Crippen LogP contribution < -0.4 is 4.90 Å². The van der Waals surface area contributed by atoms with Gasteiger partial charge in [0.15, 0.2) is 0 Å². The van der Waals surface area contributed by atoms with Gasteiger partial charge in [-0.2, -0.15) is 0 Å². The second-order valence-corrected chi connectivity index (χ2v) is 7.52. The number of fused-ring (bicyclic) bond motifs is 2. The Morgan fingerprint density at radius 3 is 2.39 bits per heavy atom. The predicted molar refractivity (Wildman–Crippen MR) is 90.5 cm³/mol. The molecule has 2 saturated carbocycles. The summed E-state index contributed by atoms with van der Waals surface area (Å²) in [4.78, 5) is 16.9. The minimum atomic E-state index is 0.299. The van der Waals surface area contributed by atoms with E-state index in [1.54, 1.807) is 12.1 Å². The van der Waals surface area contributed by atoms with Crippen LogP contribution in [0, 0.1) is 17.8 Å². The highest BCUT2D eigenvalue weighted by molar-refractivity contribution is 5.77. The Hall–Kier alpha value is -1.71. The molecular weight excluding hydrogens is 288 g/mol. The number of benzene rings is 1. The molecule has 1 aromatic carbocycles. The van der Waals surface area contributed by atoms with Gasteiger partial charge in [-0.25, -0.2) is 0 Å². The zero-order chi connectivity index (χ0) is 15.8. The number of aromatic hydroxyl groups is 1. The largest absolute Gasteiger partial charge is 0.508 e. The molecule has 1 aliphatic heterocycles. The number of phenolic OH excluding ortho intramolecular Hbond substituents is 1. The van der Waals surface area contributed by atoms with E-state index in [4.69, 9.17) is 0 Å². The highest BCUT2D eigenvalue weighted by atomic mass is 16.3. The molecule has 1 amide bonds. The van der Waals surface area contributed by atoms with Crippen LogP contribution in [0.2, 0.25) is 0 Å². The highest BCUT2D eigenvalue weighted by Gasteiger charge is 2.40. The zero-order valence-electron chi connectivity index (χ0n) is 13.7. The summed E-state index contributed by atoms with van der Waals surface area (Å²) >= 11 is 0. The average Bonchev–Trinajstić information content (AvgIpc) is 3.18. The number of carbonyl (C=O) groups is 1. The smallest absolute Gasteiger partial charge is 0.222 e. The topological polar surface area (TPSA) is 43.8 Å². The van der Waals surface area contributed by atoms with Gasteiger partial charge in [-0.1, -0.05) is 6.42 Å². The summed E-state index contributed by atoms with van der Waals surface area (Å²) in [5.41, 5.74) is 1.13. The monoisotopic (exact) mass is 314 g/mol. The molecule has 4 rings (SSSR count). The standard InChI is InChI=1S/C19H26N2O2/c22-18-5-3-17(4-6-18)20-7-9-21(10-8-20)19(23)13-16-12-14-1-2-15(16)11-14/h3-6,14-16,22H,1-2,7-13H2. The number of rotatable bonds is 3. The van der Waals surface area contributed by atoms with Gasteiger partial charge in [0.2, 0.25) is 5.91 Å². The van der Waals surface area contributed by atoms with Crippen LogP contribution in [-0.4, -0.2) is 42.1 Å². The summed E-state index contributed by atoms with van der Waals surface area (Å²) in [6, 6.07) is 7.34. The summed E-state index contributed by atoms with van der Waals surface area (Å²) in [6.45, 7) is 3.40. The molecule has 2 bridgehead atoms. The lowest BCUT2D eigenvalue weighted by atomic mass is 9.86. The zero-order valence-corrected chi connectivity index (χ0v) is 13.7. The van der Waals surface area contributed by atoms with Gasteiger partial charge < -0.3 is 14.9 Å². The van der Waals surface area contributed by atoms with E-state index in [1.165, 1.54) is 25.7 Å². The molecule has 2 aliphatic carbocycles. The summed E-state index contributed by atoms with van der Waals surface area (Å²) < 4.78 is 0. The second kappa shape index (κ2) is 6.06. The van der Waals surface area contributed by atoms with Gasteiger partial charge in [-0.05, 0) is 61.3 Å². The molecule has 124 valence electrons. The number of piperazine rings is 1. The van der Waals surface area contributed by atoms with E-state index >= 15 is 0 Å². The van der Waals surface area contributed by atoms with E-state index < -0.39 is 0 Å².